The highest BCUT2D eigenvalue weighted by atomic mass is 19.1. The number of rotatable bonds is 4. The second-order valence-corrected chi connectivity index (χ2v) is 5.19. The molecule has 4 nitrogen and oxygen atoms in total. The molecule has 0 aliphatic heterocycles. The van der Waals surface area contributed by atoms with E-state index in [2.05, 4.69) is 10.6 Å². The smallest absolute Gasteiger partial charge is 0.247 e. The number of amides is 2. The van der Waals surface area contributed by atoms with Gasteiger partial charge in [-0.3, -0.25) is 9.59 Å². The Kier molecular flexibility index (Phi) is 4.71. The fourth-order valence-corrected chi connectivity index (χ4v) is 2.68. The molecule has 2 N–H and O–H groups in total. The van der Waals surface area contributed by atoms with E-state index in [1.807, 2.05) is 0 Å². The molecule has 1 saturated carbocycles. The maximum atomic E-state index is 13.6. The van der Waals surface area contributed by atoms with Gasteiger partial charge >= 0.3 is 0 Å². The normalized spacial score (nSPS) is 16.7. The maximum Gasteiger partial charge on any atom is 0.247 e. The number of para-hydroxylation sites is 1. The van der Waals surface area contributed by atoms with E-state index in [1.54, 1.807) is 12.1 Å². The average Bonchev–Trinajstić information content (AvgIpc) is 2.92. The second kappa shape index (κ2) is 6.50. The topological polar surface area (TPSA) is 58.2 Å². The van der Waals surface area contributed by atoms with E-state index in [0.717, 1.165) is 25.7 Å². The lowest BCUT2D eigenvalue weighted by atomic mass is 9.97. The summed E-state index contributed by atoms with van der Waals surface area (Å²) in [6.07, 6.45) is 3.95. The Morgan fingerprint density at radius 2 is 1.90 bits per heavy atom. The highest BCUT2D eigenvalue weighted by Crippen LogP contribution is 2.28. The SMILES string of the molecule is CC(=O)NC(C(=O)Nc1ccccc1F)C1CCCC1. The van der Waals surface area contributed by atoms with E-state index in [-0.39, 0.29) is 23.4 Å². The third-order valence-corrected chi connectivity index (χ3v) is 3.64. The number of carbonyl (C=O) groups is 2. The van der Waals surface area contributed by atoms with Crippen molar-refractivity contribution in [3.05, 3.63) is 30.1 Å². The van der Waals surface area contributed by atoms with Gasteiger partial charge in [0.1, 0.15) is 11.9 Å². The van der Waals surface area contributed by atoms with Crippen LogP contribution in [0, 0.1) is 11.7 Å². The number of halogens is 1. The first kappa shape index (κ1) is 14.5. The maximum absolute atomic E-state index is 13.6. The quantitative estimate of drug-likeness (QED) is 0.889. The van der Waals surface area contributed by atoms with Crippen molar-refractivity contribution < 1.29 is 14.0 Å². The fourth-order valence-electron chi connectivity index (χ4n) is 2.68. The average molecular weight is 278 g/mol. The lowest BCUT2D eigenvalue weighted by molar-refractivity contribution is -0.126. The molecule has 2 amide bonds. The highest BCUT2D eigenvalue weighted by Gasteiger charge is 2.31. The Bertz CT molecular complexity index is 498. The van der Waals surface area contributed by atoms with Gasteiger partial charge in [0.25, 0.3) is 0 Å². The zero-order chi connectivity index (χ0) is 14.5. The van der Waals surface area contributed by atoms with Crippen LogP contribution in [0.15, 0.2) is 24.3 Å². The number of anilines is 1. The summed E-state index contributed by atoms with van der Waals surface area (Å²) in [4.78, 5) is 23.6. The zero-order valence-corrected chi connectivity index (χ0v) is 11.5. The molecule has 1 fully saturated rings. The molecule has 0 heterocycles. The van der Waals surface area contributed by atoms with Crippen molar-refractivity contribution in [3.8, 4) is 0 Å². The van der Waals surface area contributed by atoms with Gasteiger partial charge in [0.15, 0.2) is 0 Å². The van der Waals surface area contributed by atoms with Gasteiger partial charge in [-0.05, 0) is 30.9 Å². The summed E-state index contributed by atoms with van der Waals surface area (Å²) in [6.45, 7) is 1.39. The number of hydrogen-bond donors (Lipinski definition) is 2. The van der Waals surface area contributed by atoms with Crippen molar-refractivity contribution in [3.63, 3.8) is 0 Å². The van der Waals surface area contributed by atoms with Crippen molar-refractivity contribution in [1.82, 2.24) is 5.32 Å². The van der Waals surface area contributed by atoms with Crippen LogP contribution in [0.5, 0.6) is 0 Å². The first-order chi connectivity index (χ1) is 9.58. The van der Waals surface area contributed by atoms with Crippen molar-refractivity contribution >= 4 is 17.5 Å². The van der Waals surface area contributed by atoms with E-state index in [9.17, 15) is 14.0 Å². The molecule has 0 aromatic heterocycles. The van der Waals surface area contributed by atoms with E-state index >= 15 is 0 Å². The van der Waals surface area contributed by atoms with Crippen LogP contribution in [-0.2, 0) is 9.59 Å². The molecule has 1 aliphatic rings. The molecular weight excluding hydrogens is 259 g/mol. The third-order valence-electron chi connectivity index (χ3n) is 3.64. The van der Waals surface area contributed by atoms with Gasteiger partial charge in [-0.15, -0.1) is 0 Å². The fraction of sp³-hybridized carbons (Fsp3) is 0.467. The molecule has 1 aromatic carbocycles. The zero-order valence-electron chi connectivity index (χ0n) is 11.5. The van der Waals surface area contributed by atoms with Crippen molar-refractivity contribution in [2.75, 3.05) is 5.32 Å². The summed E-state index contributed by atoms with van der Waals surface area (Å²) in [5.74, 6) is -0.942. The van der Waals surface area contributed by atoms with E-state index in [1.165, 1.54) is 19.1 Å². The second-order valence-electron chi connectivity index (χ2n) is 5.19. The molecule has 0 spiro atoms. The summed E-state index contributed by atoms with van der Waals surface area (Å²) in [5.41, 5.74) is 0.144. The van der Waals surface area contributed by atoms with Gasteiger partial charge in [0.2, 0.25) is 11.8 Å². The van der Waals surface area contributed by atoms with Gasteiger partial charge in [0.05, 0.1) is 5.69 Å². The molecule has 0 radical (unpaired) electrons. The molecule has 20 heavy (non-hydrogen) atoms. The summed E-state index contributed by atoms with van der Waals surface area (Å²) in [5, 5.41) is 5.25. The number of nitrogens with one attached hydrogen (secondary N) is 2. The lowest BCUT2D eigenvalue weighted by Gasteiger charge is -2.23. The van der Waals surface area contributed by atoms with Crippen LogP contribution in [0.3, 0.4) is 0 Å². The minimum atomic E-state index is -0.588. The molecule has 1 aromatic rings. The molecule has 0 bridgehead atoms. The minimum absolute atomic E-state index is 0.130. The summed E-state index contributed by atoms with van der Waals surface area (Å²) in [6, 6.07) is 5.43. The van der Waals surface area contributed by atoms with Crippen LogP contribution in [0.4, 0.5) is 10.1 Å². The standard InChI is InChI=1S/C15H19FN2O2/c1-10(19)17-14(11-6-2-3-7-11)15(20)18-13-9-5-4-8-12(13)16/h4-5,8-9,11,14H,2-3,6-7H2,1H3,(H,17,19)(H,18,20). The van der Waals surface area contributed by atoms with E-state index in [4.69, 9.17) is 0 Å². The van der Waals surface area contributed by atoms with Crippen LogP contribution >= 0.6 is 0 Å². The number of hydrogen-bond acceptors (Lipinski definition) is 2. The number of benzene rings is 1. The van der Waals surface area contributed by atoms with Gasteiger partial charge < -0.3 is 10.6 Å². The highest BCUT2D eigenvalue weighted by molar-refractivity contribution is 5.97. The molecule has 108 valence electrons. The predicted molar refractivity (Wildman–Crippen MR) is 74.6 cm³/mol. The Balaban J connectivity index is 2.09. The van der Waals surface area contributed by atoms with Crippen LogP contribution in [0.1, 0.15) is 32.6 Å². The Labute approximate surface area is 117 Å². The summed E-state index contributed by atoms with van der Waals surface area (Å²) >= 11 is 0. The third kappa shape index (κ3) is 3.56. The van der Waals surface area contributed by atoms with Gasteiger partial charge in [-0.25, -0.2) is 4.39 Å². The minimum Gasteiger partial charge on any atom is -0.344 e. The molecule has 1 aliphatic carbocycles. The largest absolute Gasteiger partial charge is 0.344 e. The first-order valence-corrected chi connectivity index (χ1v) is 6.90. The van der Waals surface area contributed by atoms with Crippen molar-refractivity contribution in [2.45, 2.75) is 38.6 Å². The van der Waals surface area contributed by atoms with Crippen molar-refractivity contribution in [2.24, 2.45) is 5.92 Å². The van der Waals surface area contributed by atoms with Gasteiger partial charge in [-0.2, -0.15) is 0 Å². The molecule has 2 rings (SSSR count). The Hall–Kier alpha value is -1.91. The lowest BCUT2D eigenvalue weighted by Crippen LogP contribution is -2.47. The molecule has 1 unspecified atom stereocenters. The molecule has 0 saturated heterocycles. The number of carbonyl (C=O) groups excluding carboxylic acids is 2. The van der Waals surface area contributed by atoms with Crippen molar-refractivity contribution in [1.29, 1.82) is 0 Å². The van der Waals surface area contributed by atoms with Crippen LogP contribution in [0.2, 0.25) is 0 Å². The Morgan fingerprint density at radius 3 is 2.50 bits per heavy atom. The van der Waals surface area contributed by atoms with Crippen LogP contribution < -0.4 is 10.6 Å². The molecule has 1 atom stereocenters. The summed E-state index contributed by atoms with van der Waals surface area (Å²) < 4.78 is 13.6. The van der Waals surface area contributed by atoms with Gasteiger partial charge in [-0.1, -0.05) is 25.0 Å². The van der Waals surface area contributed by atoms with Gasteiger partial charge in [0, 0.05) is 6.92 Å². The first-order valence-electron chi connectivity index (χ1n) is 6.90. The van der Waals surface area contributed by atoms with Crippen LogP contribution in [0.25, 0.3) is 0 Å². The predicted octanol–water partition coefficient (Wildman–Crippen LogP) is 2.46. The van der Waals surface area contributed by atoms with E-state index < -0.39 is 11.9 Å². The van der Waals surface area contributed by atoms with E-state index in [0.29, 0.717) is 0 Å². The monoisotopic (exact) mass is 278 g/mol. The summed E-state index contributed by atoms with van der Waals surface area (Å²) in [7, 11) is 0. The Morgan fingerprint density at radius 1 is 1.25 bits per heavy atom. The molecule has 5 heteroatoms. The van der Waals surface area contributed by atoms with Crippen LogP contribution in [-0.4, -0.2) is 17.9 Å². The molecular formula is C15H19FN2O2.